The molecule has 2 rings (SSSR count). The number of ether oxygens (including phenoxy) is 1. The highest BCUT2D eigenvalue weighted by molar-refractivity contribution is 5.42. The molecule has 1 unspecified atom stereocenters. The van der Waals surface area contributed by atoms with E-state index >= 15 is 0 Å². The van der Waals surface area contributed by atoms with Crippen LogP contribution in [0.25, 0.3) is 0 Å². The molecule has 0 spiro atoms. The Morgan fingerprint density at radius 3 is 2.23 bits per heavy atom. The lowest BCUT2D eigenvalue weighted by atomic mass is 9.94. The molecule has 22 heavy (non-hydrogen) atoms. The summed E-state index contributed by atoms with van der Waals surface area (Å²) in [5, 5.41) is 0. The smallest absolute Gasteiger partial charge is 0.125 e. The zero-order chi connectivity index (χ0) is 15.9. The molecular weight excluding hydrogens is 270 g/mol. The number of rotatable bonds is 7. The van der Waals surface area contributed by atoms with Crippen LogP contribution in [0.15, 0.2) is 42.5 Å². The average Bonchev–Trinajstić information content (AvgIpc) is 2.50. The van der Waals surface area contributed by atoms with Crippen LogP contribution in [0.5, 0.6) is 5.75 Å². The maximum absolute atomic E-state index is 6.01. The Kier molecular flexibility index (Phi) is 6.02. The van der Waals surface area contributed by atoms with Crippen molar-refractivity contribution in [2.24, 2.45) is 5.73 Å². The summed E-state index contributed by atoms with van der Waals surface area (Å²) in [5.41, 5.74) is 11.0. The van der Waals surface area contributed by atoms with E-state index in [4.69, 9.17) is 10.5 Å². The molecule has 0 aliphatic heterocycles. The van der Waals surface area contributed by atoms with Gasteiger partial charge in [0.1, 0.15) is 5.75 Å². The predicted octanol–water partition coefficient (Wildman–Crippen LogP) is 4.51. The van der Waals surface area contributed by atoms with Gasteiger partial charge in [-0.15, -0.1) is 0 Å². The predicted molar refractivity (Wildman–Crippen MR) is 93.6 cm³/mol. The molecule has 2 aromatic rings. The van der Waals surface area contributed by atoms with Crippen LogP contribution in [0, 0.1) is 20.8 Å². The summed E-state index contributed by atoms with van der Waals surface area (Å²) in [6, 6.07) is 14.9. The molecule has 0 aromatic heterocycles. The lowest BCUT2D eigenvalue weighted by Gasteiger charge is -2.17. The van der Waals surface area contributed by atoms with E-state index in [1.807, 2.05) is 6.07 Å². The molecule has 0 radical (unpaired) electrons. The topological polar surface area (TPSA) is 35.2 Å². The Bertz CT molecular complexity index is 569. The first kappa shape index (κ1) is 16.6. The molecule has 0 saturated heterocycles. The van der Waals surface area contributed by atoms with Crippen LogP contribution in [0.3, 0.4) is 0 Å². The van der Waals surface area contributed by atoms with Gasteiger partial charge in [-0.3, -0.25) is 0 Å². The average molecular weight is 297 g/mol. The summed E-state index contributed by atoms with van der Waals surface area (Å²) in [7, 11) is 0. The first-order chi connectivity index (χ1) is 10.6. The van der Waals surface area contributed by atoms with Gasteiger partial charge in [0.25, 0.3) is 0 Å². The van der Waals surface area contributed by atoms with Gasteiger partial charge >= 0.3 is 0 Å². The third kappa shape index (κ3) is 4.35. The summed E-state index contributed by atoms with van der Waals surface area (Å²) in [6.07, 6.45) is 2.08. The quantitative estimate of drug-likeness (QED) is 0.763. The Balaban J connectivity index is 1.87. The largest absolute Gasteiger partial charge is 0.493 e. The minimum atomic E-state index is 0.421. The van der Waals surface area contributed by atoms with Crippen molar-refractivity contribution in [2.45, 2.75) is 39.5 Å². The molecule has 2 aromatic carbocycles. The maximum atomic E-state index is 6.01. The Morgan fingerprint density at radius 2 is 1.64 bits per heavy atom. The van der Waals surface area contributed by atoms with Gasteiger partial charge in [-0.25, -0.2) is 0 Å². The molecule has 0 fully saturated rings. The van der Waals surface area contributed by atoms with Gasteiger partial charge in [0.2, 0.25) is 0 Å². The molecule has 0 aliphatic rings. The number of aryl methyl sites for hydroxylation is 3. The summed E-state index contributed by atoms with van der Waals surface area (Å²) in [6.45, 7) is 7.78. The first-order valence-corrected chi connectivity index (χ1v) is 8.07. The first-order valence-electron chi connectivity index (χ1n) is 8.07. The lowest BCUT2D eigenvalue weighted by Crippen LogP contribution is -2.13. The molecule has 2 heteroatoms. The molecule has 2 N–H and O–H groups in total. The van der Waals surface area contributed by atoms with Gasteiger partial charge in [0.15, 0.2) is 0 Å². The van der Waals surface area contributed by atoms with Crippen molar-refractivity contribution >= 4 is 0 Å². The summed E-state index contributed by atoms with van der Waals surface area (Å²) >= 11 is 0. The van der Waals surface area contributed by atoms with Crippen molar-refractivity contribution in [1.82, 2.24) is 0 Å². The zero-order valence-corrected chi connectivity index (χ0v) is 13.9. The van der Waals surface area contributed by atoms with Crippen molar-refractivity contribution in [2.75, 3.05) is 13.2 Å². The van der Waals surface area contributed by atoms with Gasteiger partial charge in [0.05, 0.1) is 6.61 Å². The van der Waals surface area contributed by atoms with E-state index in [1.54, 1.807) is 0 Å². The Morgan fingerprint density at radius 1 is 1.00 bits per heavy atom. The molecule has 118 valence electrons. The van der Waals surface area contributed by atoms with Crippen LogP contribution in [0.2, 0.25) is 0 Å². The highest BCUT2D eigenvalue weighted by Crippen LogP contribution is 2.25. The Labute approximate surface area is 134 Å². The second kappa shape index (κ2) is 8.00. The van der Waals surface area contributed by atoms with Crippen LogP contribution in [-0.4, -0.2) is 13.2 Å². The van der Waals surface area contributed by atoms with E-state index < -0.39 is 0 Å². The molecule has 0 heterocycles. The minimum absolute atomic E-state index is 0.421. The van der Waals surface area contributed by atoms with E-state index in [0.717, 1.165) is 25.2 Å². The molecular formula is C20H27NO. The minimum Gasteiger partial charge on any atom is -0.493 e. The third-order valence-electron chi connectivity index (χ3n) is 4.10. The highest BCUT2D eigenvalue weighted by atomic mass is 16.5. The molecule has 0 amide bonds. The fourth-order valence-corrected chi connectivity index (χ4v) is 3.04. The van der Waals surface area contributed by atoms with Gasteiger partial charge in [-0.1, -0.05) is 48.0 Å². The van der Waals surface area contributed by atoms with Crippen LogP contribution >= 0.6 is 0 Å². The number of hydrogen-bond donors (Lipinski definition) is 1. The van der Waals surface area contributed by atoms with Crippen molar-refractivity contribution in [1.29, 1.82) is 0 Å². The molecule has 0 saturated carbocycles. The van der Waals surface area contributed by atoms with Crippen molar-refractivity contribution in [3.63, 3.8) is 0 Å². The monoisotopic (exact) mass is 297 g/mol. The Hall–Kier alpha value is -1.80. The van der Waals surface area contributed by atoms with E-state index in [9.17, 15) is 0 Å². The standard InChI is InChI=1S/C20H27NO/c1-15-12-16(2)20(17(3)13-15)22-11-7-10-19(14-21)18-8-5-4-6-9-18/h4-6,8-9,12-13,19H,7,10-11,14,21H2,1-3H3. The van der Waals surface area contributed by atoms with Crippen molar-refractivity contribution < 1.29 is 4.74 Å². The van der Waals surface area contributed by atoms with E-state index in [0.29, 0.717) is 12.5 Å². The summed E-state index contributed by atoms with van der Waals surface area (Å²) in [4.78, 5) is 0. The highest BCUT2D eigenvalue weighted by Gasteiger charge is 2.10. The van der Waals surface area contributed by atoms with E-state index in [-0.39, 0.29) is 0 Å². The molecule has 2 nitrogen and oxygen atoms in total. The van der Waals surface area contributed by atoms with Crippen molar-refractivity contribution in [3.8, 4) is 5.75 Å². The second-order valence-electron chi connectivity index (χ2n) is 6.06. The van der Waals surface area contributed by atoms with E-state index in [1.165, 1.54) is 22.3 Å². The molecule has 0 bridgehead atoms. The number of hydrogen-bond acceptors (Lipinski definition) is 2. The molecule has 0 aliphatic carbocycles. The summed E-state index contributed by atoms with van der Waals surface area (Å²) in [5.74, 6) is 1.46. The van der Waals surface area contributed by atoms with Gasteiger partial charge < -0.3 is 10.5 Å². The van der Waals surface area contributed by atoms with Crippen LogP contribution in [0.4, 0.5) is 0 Å². The maximum Gasteiger partial charge on any atom is 0.125 e. The fraction of sp³-hybridized carbons (Fsp3) is 0.400. The van der Waals surface area contributed by atoms with Crippen LogP contribution in [-0.2, 0) is 0 Å². The second-order valence-corrected chi connectivity index (χ2v) is 6.06. The number of benzene rings is 2. The zero-order valence-electron chi connectivity index (χ0n) is 13.9. The third-order valence-corrected chi connectivity index (χ3v) is 4.10. The van der Waals surface area contributed by atoms with Gasteiger partial charge in [-0.05, 0) is 62.8 Å². The van der Waals surface area contributed by atoms with Crippen LogP contribution < -0.4 is 10.5 Å². The van der Waals surface area contributed by atoms with Gasteiger partial charge in [-0.2, -0.15) is 0 Å². The normalized spacial score (nSPS) is 12.2. The lowest BCUT2D eigenvalue weighted by molar-refractivity contribution is 0.298. The van der Waals surface area contributed by atoms with Crippen molar-refractivity contribution in [3.05, 3.63) is 64.7 Å². The van der Waals surface area contributed by atoms with E-state index in [2.05, 4.69) is 57.2 Å². The van der Waals surface area contributed by atoms with Gasteiger partial charge in [0, 0.05) is 0 Å². The molecule has 1 atom stereocenters. The number of nitrogens with two attached hydrogens (primary N) is 1. The SMILES string of the molecule is Cc1cc(C)c(OCCCC(CN)c2ccccc2)c(C)c1. The fourth-order valence-electron chi connectivity index (χ4n) is 3.04. The summed E-state index contributed by atoms with van der Waals surface area (Å²) < 4.78 is 6.01. The van der Waals surface area contributed by atoms with Crippen LogP contribution in [0.1, 0.15) is 41.0 Å².